The number of nitrogens with one attached hydrogen (secondary N) is 2. The number of aromatic nitrogens is 3. The molecule has 0 spiro atoms. The minimum atomic E-state index is -0.564. The molecule has 1 aromatic heterocycles. The molecular weight excluding hydrogens is 626 g/mol. The van der Waals surface area contributed by atoms with Crippen molar-refractivity contribution in [1.82, 2.24) is 14.8 Å². The van der Waals surface area contributed by atoms with Crippen molar-refractivity contribution in [3.8, 4) is 11.5 Å². The molecule has 10 heteroatoms. The third-order valence-electron chi connectivity index (χ3n) is 6.90. The Bertz CT molecular complexity index is 1670. The van der Waals surface area contributed by atoms with Crippen LogP contribution < -0.4 is 20.1 Å². The summed E-state index contributed by atoms with van der Waals surface area (Å²) in [5, 5.41) is 11.9. The number of nitrogens with zero attached hydrogens (tertiary/aromatic N) is 3. The van der Waals surface area contributed by atoms with Gasteiger partial charge in [0.1, 0.15) is 12.6 Å². The molecule has 0 aliphatic carbocycles. The van der Waals surface area contributed by atoms with E-state index in [0.717, 1.165) is 39.0 Å². The molecule has 43 heavy (non-hydrogen) atoms. The van der Waals surface area contributed by atoms with Gasteiger partial charge in [0.15, 0.2) is 11.5 Å². The Labute approximate surface area is 265 Å². The van der Waals surface area contributed by atoms with E-state index < -0.39 is 6.04 Å². The maximum Gasteiger partial charge on any atom is 0.255 e. The van der Waals surface area contributed by atoms with Gasteiger partial charge in [-0.15, -0.1) is 5.10 Å². The van der Waals surface area contributed by atoms with Gasteiger partial charge >= 0.3 is 0 Å². The van der Waals surface area contributed by atoms with E-state index in [-0.39, 0.29) is 5.91 Å². The number of aryl methyl sites for hydroxylation is 2. The van der Waals surface area contributed by atoms with Crippen LogP contribution in [-0.4, -0.2) is 33.0 Å². The van der Waals surface area contributed by atoms with Crippen LogP contribution in [0.5, 0.6) is 11.5 Å². The molecule has 2 heterocycles. The predicted molar refractivity (Wildman–Crippen MR) is 176 cm³/mol. The monoisotopic (exact) mass is 661 g/mol. The summed E-state index contributed by atoms with van der Waals surface area (Å²) in [4.78, 5) is 18.7. The van der Waals surface area contributed by atoms with Gasteiger partial charge in [0.2, 0.25) is 11.1 Å². The summed E-state index contributed by atoms with van der Waals surface area (Å²) in [6, 6.07) is 19.3. The van der Waals surface area contributed by atoms with Gasteiger partial charge in [0.05, 0.1) is 16.7 Å². The van der Waals surface area contributed by atoms with E-state index in [1.54, 1.807) is 16.4 Å². The molecule has 224 valence electrons. The van der Waals surface area contributed by atoms with Gasteiger partial charge in [-0.2, -0.15) is 4.98 Å². The first-order valence-corrected chi connectivity index (χ1v) is 16.1. The SMILES string of the molecule is CCCSc1nc2n(n1)C(c1cc(Br)c(OCc3cccc(C)c3)c(OCC)c1)C(C(=O)Nc1cccc(C)c1)=C(C)N2. The van der Waals surface area contributed by atoms with Crippen LogP contribution in [0.1, 0.15) is 55.5 Å². The maximum absolute atomic E-state index is 14.0. The topological polar surface area (TPSA) is 90.3 Å². The highest BCUT2D eigenvalue weighted by Gasteiger charge is 2.35. The Hall–Kier alpha value is -3.76. The summed E-state index contributed by atoms with van der Waals surface area (Å²) in [7, 11) is 0. The highest BCUT2D eigenvalue weighted by molar-refractivity contribution is 9.10. The van der Waals surface area contributed by atoms with Crippen LogP contribution in [0, 0.1) is 13.8 Å². The second-order valence-electron chi connectivity index (χ2n) is 10.4. The zero-order valence-corrected chi connectivity index (χ0v) is 27.4. The average molecular weight is 663 g/mol. The first-order valence-electron chi connectivity index (χ1n) is 14.4. The van der Waals surface area contributed by atoms with Crippen molar-refractivity contribution < 1.29 is 14.3 Å². The van der Waals surface area contributed by atoms with Crippen LogP contribution >= 0.6 is 27.7 Å². The average Bonchev–Trinajstić information content (AvgIpc) is 3.37. The summed E-state index contributed by atoms with van der Waals surface area (Å²) >= 11 is 5.34. The minimum Gasteiger partial charge on any atom is -0.490 e. The van der Waals surface area contributed by atoms with Crippen molar-refractivity contribution in [2.24, 2.45) is 0 Å². The number of benzene rings is 3. The summed E-state index contributed by atoms with van der Waals surface area (Å²) in [6.07, 6.45) is 1.00. The molecule has 5 rings (SSSR count). The van der Waals surface area contributed by atoms with Crippen LogP contribution in [-0.2, 0) is 11.4 Å². The molecule has 8 nitrogen and oxygen atoms in total. The van der Waals surface area contributed by atoms with E-state index in [2.05, 4.69) is 52.5 Å². The quantitative estimate of drug-likeness (QED) is 0.157. The Kier molecular flexibility index (Phi) is 9.77. The highest BCUT2D eigenvalue weighted by Crippen LogP contribution is 2.43. The normalized spacial score (nSPS) is 14.2. The van der Waals surface area contributed by atoms with Crippen molar-refractivity contribution in [3.63, 3.8) is 0 Å². The lowest BCUT2D eigenvalue weighted by molar-refractivity contribution is -0.113. The summed E-state index contributed by atoms with van der Waals surface area (Å²) in [5.74, 6) is 2.44. The molecule has 0 fully saturated rings. The second kappa shape index (κ2) is 13.7. The lowest BCUT2D eigenvalue weighted by atomic mass is 9.94. The zero-order valence-electron chi connectivity index (χ0n) is 25.0. The molecule has 1 atom stereocenters. The number of anilines is 2. The molecule has 1 aliphatic heterocycles. The van der Waals surface area contributed by atoms with E-state index in [1.165, 1.54) is 5.56 Å². The smallest absolute Gasteiger partial charge is 0.255 e. The number of hydrogen-bond donors (Lipinski definition) is 2. The van der Waals surface area contributed by atoms with Crippen LogP contribution in [0.3, 0.4) is 0 Å². The van der Waals surface area contributed by atoms with E-state index >= 15 is 0 Å². The van der Waals surface area contributed by atoms with Gasteiger partial charge in [-0.25, -0.2) is 4.68 Å². The Morgan fingerprint density at radius 3 is 2.53 bits per heavy atom. The number of fused-ring (bicyclic) bond motifs is 1. The van der Waals surface area contributed by atoms with Crippen LogP contribution in [0.25, 0.3) is 0 Å². The fourth-order valence-electron chi connectivity index (χ4n) is 5.02. The van der Waals surface area contributed by atoms with Gasteiger partial charge in [0.25, 0.3) is 5.91 Å². The van der Waals surface area contributed by atoms with E-state index in [9.17, 15) is 4.79 Å². The lowest BCUT2D eigenvalue weighted by Gasteiger charge is -2.29. The molecule has 1 aliphatic rings. The summed E-state index contributed by atoms with van der Waals surface area (Å²) < 4.78 is 14.9. The maximum atomic E-state index is 14.0. The molecule has 1 amide bonds. The number of amides is 1. The molecule has 3 aromatic carbocycles. The molecule has 0 saturated heterocycles. The van der Waals surface area contributed by atoms with Crippen LogP contribution in [0.4, 0.5) is 11.6 Å². The predicted octanol–water partition coefficient (Wildman–Crippen LogP) is 8.06. The van der Waals surface area contributed by atoms with Gasteiger partial charge in [-0.3, -0.25) is 4.79 Å². The largest absolute Gasteiger partial charge is 0.490 e. The first kappa shape index (κ1) is 30.7. The number of hydrogen-bond acceptors (Lipinski definition) is 7. The summed E-state index contributed by atoms with van der Waals surface area (Å²) in [5.41, 5.74) is 6.07. The van der Waals surface area contributed by atoms with Gasteiger partial charge in [-0.05, 0) is 91.0 Å². The van der Waals surface area contributed by atoms with Gasteiger partial charge in [0, 0.05) is 17.1 Å². The molecule has 0 bridgehead atoms. The van der Waals surface area contributed by atoms with Gasteiger partial charge < -0.3 is 20.1 Å². The number of rotatable bonds is 11. The number of thioether (sulfide) groups is 1. The molecule has 2 N–H and O–H groups in total. The van der Waals surface area contributed by atoms with Crippen molar-refractivity contribution >= 4 is 45.2 Å². The molecule has 1 unspecified atom stereocenters. The number of carbonyl (C=O) groups is 1. The lowest BCUT2D eigenvalue weighted by Crippen LogP contribution is -2.31. The molecule has 0 saturated carbocycles. The van der Waals surface area contributed by atoms with Crippen LogP contribution in [0.15, 0.2) is 81.6 Å². The number of carbonyl (C=O) groups excluding carboxylic acids is 1. The fraction of sp³-hybridized carbons (Fsp3) is 0.303. The van der Waals surface area contributed by atoms with Crippen molar-refractivity contribution in [3.05, 3.63) is 98.7 Å². The fourth-order valence-corrected chi connectivity index (χ4v) is 6.27. The highest BCUT2D eigenvalue weighted by atomic mass is 79.9. The second-order valence-corrected chi connectivity index (χ2v) is 12.4. The number of ether oxygens (including phenoxy) is 2. The van der Waals surface area contributed by atoms with E-state index in [4.69, 9.17) is 19.6 Å². The Morgan fingerprint density at radius 2 is 1.81 bits per heavy atom. The van der Waals surface area contributed by atoms with Crippen molar-refractivity contribution in [2.45, 2.75) is 58.8 Å². The van der Waals surface area contributed by atoms with Crippen molar-refractivity contribution in [2.75, 3.05) is 23.0 Å². The number of halogens is 1. The van der Waals surface area contributed by atoms with E-state index in [1.807, 2.05) is 69.3 Å². The first-order chi connectivity index (χ1) is 20.8. The third kappa shape index (κ3) is 7.08. The number of allylic oxidation sites excluding steroid dienone is 1. The molecule has 4 aromatic rings. The third-order valence-corrected chi connectivity index (χ3v) is 8.53. The molecule has 0 radical (unpaired) electrons. The Balaban J connectivity index is 1.56. The zero-order chi connectivity index (χ0) is 30.5. The van der Waals surface area contributed by atoms with Gasteiger partial charge in [-0.1, -0.05) is 60.6 Å². The molecular formula is C33H36BrN5O3S. The summed E-state index contributed by atoms with van der Waals surface area (Å²) in [6.45, 7) is 10.9. The van der Waals surface area contributed by atoms with Crippen molar-refractivity contribution in [1.29, 1.82) is 0 Å². The minimum absolute atomic E-state index is 0.224. The Morgan fingerprint density at radius 1 is 1.05 bits per heavy atom. The standard InChI is InChI=1S/C33H36BrN5O3S/c1-6-14-43-33-37-32-35-22(5)28(31(40)36-25-13-9-11-21(4)16-25)29(39(32)38-33)24-17-26(34)30(27(18-24)41-7-2)42-19-23-12-8-10-20(3)15-23/h8-13,15-18,29H,6-7,14,19H2,1-5H3,(H,36,40)(H,35,37,38). The van der Waals surface area contributed by atoms with E-state index in [0.29, 0.717) is 47.1 Å². The van der Waals surface area contributed by atoms with Crippen LogP contribution in [0.2, 0.25) is 0 Å².